The molecule has 156 valence electrons. The fourth-order valence-corrected chi connectivity index (χ4v) is 4.59. The molecule has 1 fully saturated rings. The van der Waals surface area contributed by atoms with Crippen LogP contribution in [0.3, 0.4) is 0 Å². The van der Waals surface area contributed by atoms with Gasteiger partial charge in [0.25, 0.3) is 0 Å². The smallest absolute Gasteiger partial charge is 0.227 e. The molecule has 0 saturated carbocycles. The lowest BCUT2D eigenvalue weighted by Crippen LogP contribution is -2.50. The van der Waals surface area contributed by atoms with Crippen LogP contribution in [0.2, 0.25) is 0 Å². The highest BCUT2D eigenvalue weighted by molar-refractivity contribution is 7.91. The predicted octanol–water partition coefficient (Wildman–Crippen LogP) is 1.99. The van der Waals surface area contributed by atoms with Crippen LogP contribution in [0.4, 0.5) is 4.39 Å². The van der Waals surface area contributed by atoms with Crippen molar-refractivity contribution >= 4 is 15.7 Å². The molecule has 1 aliphatic heterocycles. The predicted molar refractivity (Wildman–Crippen MR) is 108 cm³/mol. The van der Waals surface area contributed by atoms with E-state index in [4.69, 9.17) is 4.74 Å². The van der Waals surface area contributed by atoms with Crippen molar-refractivity contribution in [3.05, 3.63) is 59.9 Å². The van der Waals surface area contributed by atoms with E-state index < -0.39 is 9.84 Å². The molecular formula is C21H25FN2O4S. The zero-order valence-corrected chi connectivity index (χ0v) is 17.2. The molecule has 0 atom stereocenters. The minimum absolute atomic E-state index is 0.000241. The van der Waals surface area contributed by atoms with Crippen molar-refractivity contribution in [3.63, 3.8) is 0 Å². The molecule has 0 aliphatic carbocycles. The molecule has 1 aliphatic rings. The van der Waals surface area contributed by atoms with E-state index in [1.54, 1.807) is 35.2 Å². The molecule has 0 aromatic heterocycles. The number of hydrogen-bond donors (Lipinski definition) is 0. The van der Waals surface area contributed by atoms with Gasteiger partial charge in [0.05, 0.1) is 24.2 Å². The van der Waals surface area contributed by atoms with E-state index in [1.165, 1.54) is 25.3 Å². The van der Waals surface area contributed by atoms with Gasteiger partial charge in [-0.3, -0.25) is 9.69 Å². The molecule has 0 unspecified atom stereocenters. The van der Waals surface area contributed by atoms with Gasteiger partial charge < -0.3 is 9.64 Å². The van der Waals surface area contributed by atoms with Crippen molar-refractivity contribution in [3.8, 4) is 5.75 Å². The van der Waals surface area contributed by atoms with E-state index in [0.717, 1.165) is 5.56 Å². The number of methoxy groups -OCH3 is 1. The third-order valence-electron chi connectivity index (χ3n) is 5.07. The molecule has 1 amide bonds. The number of piperazine rings is 1. The monoisotopic (exact) mass is 420 g/mol. The number of carbonyl (C=O) groups excluding carboxylic acids is 1. The summed E-state index contributed by atoms with van der Waals surface area (Å²) in [6.07, 6.45) is 0.241. The number of nitrogens with zero attached hydrogens (tertiary/aromatic N) is 2. The number of rotatable bonds is 7. The fraction of sp³-hybridized carbons (Fsp3) is 0.381. The average Bonchev–Trinajstić information content (AvgIpc) is 2.74. The Kier molecular flexibility index (Phi) is 6.87. The summed E-state index contributed by atoms with van der Waals surface area (Å²) in [4.78, 5) is 16.5. The summed E-state index contributed by atoms with van der Waals surface area (Å²) in [7, 11) is -1.90. The number of sulfone groups is 1. The van der Waals surface area contributed by atoms with Crippen LogP contribution in [0, 0.1) is 5.82 Å². The number of amides is 1. The number of halogens is 1. The minimum Gasteiger partial charge on any atom is -0.497 e. The van der Waals surface area contributed by atoms with E-state index in [-0.39, 0.29) is 28.8 Å². The van der Waals surface area contributed by atoms with Crippen molar-refractivity contribution < 1.29 is 22.3 Å². The minimum atomic E-state index is -3.40. The summed E-state index contributed by atoms with van der Waals surface area (Å²) < 4.78 is 43.2. The molecular weight excluding hydrogens is 395 g/mol. The Balaban J connectivity index is 1.48. The molecule has 0 spiro atoms. The summed E-state index contributed by atoms with van der Waals surface area (Å²) >= 11 is 0. The second-order valence-electron chi connectivity index (χ2n) is 7.02. The second-order valence-corrected chi connectivity index (χ2v) is 9.13. The van der Waals surface area contributed by atoms with Crippen molar-refractivity contribution in [2.24, 2.45) is 0 Å². The Morgan fingerprint density at radius 3 is 2.41 bits per heavy atom. The van der Waals surface area contributed by atoms with Crippen LogP contribution < -0.4 is 4.74 Å². The summed E-state index contributed by atoms with van der Waals surface area (Å²) in [5, 5.41) is 0. The molecule has 8 heteroatoms. The molecule has 1 saturated heterocycles. The second kappa shape index (κ2) is 9.37. The highest BCUT2D eigenvalue weighted by atomic mass is 32.2. The quantitative estimate of drug-likeness (QED) is 0.685. The highest BCUT2D eigenvalue weighted by Gasteiger charge is 2.23. The van der Waals surface area contributed by atoms with Crippen molar-refractivity contribution in [2.75, 3.05) is 45.6 Å². The molecule has 0 bridgehead atoms. The van der Waals surface area contributed by atoms with Gasteiger partial charge in [-0.05, 0) is 35.9 Å². The van der Waals surface area contributed by atoms with E-state index >= 15 is 0 Å². The molecule has 0 radical (unpaired) electrons. The van der Waals surface area contributed by atoms with Gasteiger partial charge in [-0.2, -0.15) is 0 Å². The topological polar surface area (TPSA) is 66.9 Å². The summed E-state index contributed by atoms with van der Waals surface area (Å²) in [5.41, 5.74) is 0.781. The van der Waals surface area contributed by atoms with Crippen molar-refractivity contribution in [2.45, 2.75) is 11.3 Å². The van der Waals surface area contributed by atoms with Gasteiger partial charge in [0, 0.05) is 32.7 Å². The Hall–Kier alpha value is -2.45. The number of ether oxygens (including phenoxy) is 1. The SMILES string of the molecule is COc1cccc(S(=O)(=O)CCN2CCN(C(=O)Cc3ccc(F)cc3)CC2)c1. The van der Waals surface area contributed by atoms with Gasteiger partial charge in [-0.1, -0.05) is 18.2 Å². The van der Waals surface area contributed by atoms with Crippen LogP contribution in [-0.4, -0.2) is 69.7 Å². The normalized spacial score (nSPS) is 15.3. The fourth-order valence-electron chi connectivity index (χ4n) is 3.27. The summed E-state index contributed by atoms with van der Waals surface area (Å²) in [5.74, 6) is 0.210. The van der Waals surface area contributed by atoms with Crippen LogP contribution in [-0.2, 0) is 21.1 Å². The lowest BCUT2D eigenvalue weighted by Gasteiger charge is -2.34. The standard InChI is InChI=1S/C21H25FN2O4S/c1-28-19-3-2-4-20(16-19)29(26,27)14-13-23-9-11-24(12-10-23)21(25)15-17-5-7-18(22)8-6-17/h2-8,16H,9-15H2,1H3. The van der Waals surface area contributed by atoms with Crippen molar-refractivity contribution in [1.29, 1.82) is 0 Å². The molecule has 0 N–H and O–H groups in total. The summed E-state index contributed by atoms with van der Waals surface area (Å²) in [6, 6.07) is 12.4. The van der Waals surface area contributed by atoms with Gasteiger partial charge >= 0.3 is 0 Å². The average molecular weight is 421 g/mol. The Bertz CT molecular complexity index is 939. The summed E-state index contributed by atoms with van der Waals surface area (Å²) in [6.45, 7) is 2.78. The van der Waals surface area contributed by atoms with E-state index in [0.29, 0.717) is 38.5 Å². The number of carbonyl (C=O) groups is 1. The zero-order valence-electron chi connectivity index (χ0n) is 16.4. The molecule has 6 nitrogen and oxygen atoms in total. The first-order chi connectivity index (χ1) is 13.9. The Morgan fingerprint density at radius 2 is 1.76 bits per heavy atom. The maximum atomic E-state index is 13.0. The van der Waals surface area contributed by atoms with E-state index in [1.807, 2.05) is 0 Å². The lowest BCUT2D eigenvalue weighted by atomic mass is 10.1. The third-order valence-corrected chi connectivity index (χ3v) is 6.76. The highest BCUT2D eigenvalue weighted by Crippen LogP contribution is 2.18. The van der Waals surface area contributed by atoms with Gasteiger partial charge in [0.2, 0.25) is 5.91 Å². The van der Waals surface area contributed by atoms with Gasteiger partial charge in [-0.15, -0.1) is 0 Å². The van der Waals surface area contributed by atoms with Crippen LogP contribution in [0.15, 0.2) is 53.4 Å². The zero-order chi connectivity index (χ0) is 20.9. The van der Waals surface area contributed by atoms with E-state index in [9.17, 15) is 17.6 Å². The lowest BCUT2D eigenvalue weighted by molar-refractivity contribution is -0.132. The van der Waals surface area contributed by atoms with Gasteiger partial charge in [0.15, 0.2) is 9.84 Å². The van der Waals surface area contributed by atoms with Gasteiger partial charge in [0.1, 0.15) is 11.6 Å². The maximum Gasteiger partial charge on any atom is 0.227 e. The molecule has 3 rings (SSSR count). The first kappa shape index (κ1) is 21.3. The first-order valence-electron chi connectivity index (χ1n) is 9.49. The van der Waals surface area contributed by atoms with Crippen LogP contribution in [0.1, 0.15) is 5.56 Å². The largest absolute Gasteiger partial charge is 0.497 e. The first-order valence-corrected chi connectivity index (χ1v) is 11.1. The molecule has 2 aromatic rings. The molecule has 29 heavy (non-hydrogen) atoms. The van der Waals surface area contributed by atoms with Crippen LogP contribution >= 0.6 is 0 Å². The maximum absolute atomic E-state index is 13.0. The van der Waals surface area contributed by atoms with E-state index in [2.05, 4.69) is 4.90 Å². The number of benzene rings is 2. The molecule has 1 heterocycles. The van der Waals surface area contributed by atoms with Gasteiger partial charge in [-0.25, -0.2) is 12.8 Å². The van der Waals surface area contributed by atoms with Crippen LogP contribution in [0.5, 0.6) is 5.75 Å². The Morgan fingerprint density at radius 1 is 1.07 bits per heavy atom. The van der Waals surface area contributed by atoms with Crippen molar-refractivity contribution in [1.82, 2.24) is 9.80 Å². The molecule has 2 aromatic carbocycles. The van der Waals surface area contributed by atoms with Crippen LogP contribution in [0.25, 0.3) is 0 Å². The third kappa shape index (κ3) is 5.77. The Labute approximate surface area is 170 Å². The number of hydrogen-bond acceptors (Lipinski definition) is 5.